The van der Waals surface area contributed by atoms with Gasteiger partial charge in [-0.05, 0) is 30.2 Å². The Morgan fingerprint density at radius 2 is 1.86 bits per heavy atom. The number of aromatic nitrogens is 1. The minimum absolute atomic E-state index is 0.112. The van der Waals surface area contributed by atoms with Crippen LogP contribution in [0.25, 0.3) is 0 Å². The van der Waals surface area contributed by atoms with E-state index in [4.69, 9.17) is 16.3 Å². The number of pyridine rings is 1. The summed E-state index contributed by atoms with van der Waals surface area (Å²) in [6.07, 6.45) is 1.73. The predicted octanol–water partition coefficient (Wildman–Crippen LogP) is 4.13. The summed E-state index contributed by atoms with van der Waals surface area (Å²) in [5.74, 6) is 0.483. The fraction of sp³-hybridized carbons (Fsp3) is 0.619. The van der Waals surface area contributed by atoms with Gasteiger partial charge in [-0.15, -0.1) is 0 Å². The number of nitrogens with zero attached hydrogens (tertiary/aromatic N) is 5. The lowest BCUT2D eigenvalue weighted by Crippen LogP contribution is -2.36. The van der Waals surface area contributed by atoms with E-state index in [0.29, 0.717) is 56.2 Å². The second kappa shape index (κ2) is 9.80. The van der Waals surface area contributed by atoms with E-state index in [1.165, 1.54) is 0 Å². The highest BCUT2D eigenvalue weighted by molar-refractivity contribution is 6.30. The third-order valence-electron chi connectivity index (χ3n) is 4.95. The van der Waals surface area contributed by atoms with Crippen LogP contribution in [0, 0.1) is 28.1 Å². The topological polar surface area (TPSA) is 93.2 Å². The molecule has 29 heavy (non-hydrogen) atoms. The van der Waals surface area contributed by atoms with Crippen LogP contribution >= 0.6 is 11.6 Å². The van der Waals surface area contributed by atoms with E-state index < -0.39 is 0 Å². The number of halogens is 1. The fourth-order valence-electron chi connectivity index (χ4n) is 3.25. The standard InChI is InChI=1S/C21H28ClN5O2/c1-5-15-16(13-23)18(22)25-19(17(15)14-24)26-8-6-9-27(11-10-26)20(28)29-12-7-21(2,3)4/h5-12H2,1-4H3. The SMILES string of the molecule is CCc1c(C#N)c(Cl)nc(N2CCCN(C(=O)OCCC(C)(C)C)CC2)c1C#N. The molecule has 0 unspecified atom stereocenters. The number of hydrogen-bond acceptors (Lipinski definition) is 6. The number of rotatable bonds is 4. The summed E-state index contributed by atoms with van der Waals surface area (Å²) in [5, 5.41) is 19.2. The van der Waals surface area contributed by atoms with Crippen LogP contribution in [-0.4, -0.2) is 48.8 Å². The van der Waals surface area contributed by atoms with Crippen molar-refractivity contribution in [3.8, 4) is 12.1 Å². The van der Waals surface area contributed by atoms with Crippen LogP contribution in [0.4, 0.5) is 10.6 Å². The molecule has 1 aromatic heterocycles. The Kier molecular flexibility index (Phi) is 7.70. The predicted molar refractivity (Wildman–Crippen MR) is 112 cm³/mol. The van der Waals surface area contributed by atoms with Gasteiger partial charge in [-0.25, -0.2) is 9.78 Å². The number of amides is 1. The van der Waals surface area contributed by atoms with Gasteiger partial charge in [0.2, 0.25) is 0 Å². The molecule has 1 aliphatic rings. The zero-order valence-electron chi connectivity index (χ0n) is 17.6. The van der Waals surface area contributed by atoms with Crippen molar-refractivity contribution in [3.05, 3.63) is 21.8 Å². The summed E-state index contributed by atoms with van der Waals surface area (Å²) in [6.45, 7) is 10.8. The largest absolute Gasteiger partial charge is 0.449 e. The highest BCUT2D eigenvalue weighted by atomic mass is 35.5. The highest BCUT2D eigenvalue weighted by Gasteiger charge is 2.26. The van der Waals surface area contributed by atoms with Gasteiger partial charge in [-0.2, -0.15) is 10.5 Å². The van der Waals surface area contributed by atoms with Gasteiger partial charge < -0.3 is 14.5 Å². The molecular formula is C21H28ClN5O2. The third-order valence-corrected chi connectivity index (χ3v) is 5.22. The van der Waals surface area contributed by atoms with E-state index in [-0.39, 0.29) is 22.2 Å². The Labute approximate surface area is 177 Å². The van der Waals surface area contributed by atoms with Crippen molar-refractivity contribution in [1.29, 1.82) is 10.5 Å². The van der Waals surface area contributed by atoms with Crippen molar-refractivity contribution >= 4 is 23.5 Å². The molecular weight excluding hydrogens is 390 g/mol. The highest BCUT2D eigenvalue weighted by Crippen LogP contribution is 2.30. The number of carbonyl (C=O) groups is 1. The molecule has 2 heterocycles. The van der Waals surface area contributed by atoms with Crippen molar-refractivity contribution < 1.29 is 9.53 Å². The van der Waals surface area contributed by atoms with Gasteiger partial charge in [0.05, 0.1) is 17.7 Å². The zero-order valence-corrected chi connectivity index (χ0v) is 18.3. The Balaban J connectivity index is 2.14. The normalized spacial score (nSPS) is 14.7. The molecule has 0 atom stereocenters. The summed E-state index contributed by atoms with van der Waals surface area (Å²) >= 11 is 6.22. The minimum atomic E-state index is -0.309. The number of carbonyl (C=O) groups excluding carboxylic acids is 1. The lowest BCUT2D eigenvalue weighted by molar-refractivity contribution is 0.0942. The van der Waals surface area contributed by atoms with Gasteiger partial charge in [0.1, 0.15) is 23.1 Å². The average Bonchev–Trinajstić information content (AvgIpc) is 2.92. The summed E-state index contributed by atoms with van der Waals surface area (Å²) < 4.78 is 5.43. The first-order chi connectivity index (χ1) is 13.7. The van der Waals surface area contributed by atoms with E-state index in [1.54, 1.807) is 4.90 Å². The van der Waals surface area contributed by atoms with E-state index in [9.17, 15) is 15.3 Å². The minimum Gasteiger partial charge on any atom is -0.449 e. The molecule has 0 spiro atoms. The average molecular weight is 418 g/mol. The molecule has 0 N–H and O–H groups in total. The molecule has 7 nitrogen and oxygen atoms in total. The first-order valence-electron chi connectivity index (χ1n) is 9.91. The van der Waals surface area contributed by atoms with E-state index in [1.807, 2.05) is 11.8 Å². The second-order valence-corrected chi connectivity index (χ2v) is 8.64. The maximum absolute atomic E-state index is 12.4. The molecule has 0 aliphatic carbocycles. The van der Waals surface area contributed by atoms with Crippen LogP contribution in [0.3, 0.4) is 0 Å². The molecule has 1 aliphatic heterocycles. The van der Waals surface area contributed by atoms with Gasteiger partial charge in [0.15, 0.2) is 0 Å². The Bertz CT molecular complexity index is 835. The molecule has 0 aromatic carbocycles. The molecule has 1 fully saturated rings. The summed E-state index contributed by atoms with van der Waals surface area (Å²) in [6, 6.07) is 4.24. The molecule has 8 heteroatoms. The Hall–Kier alpha value is -2.51. The monoisotopic (exact) mass is 417 g/mol. The molecule has 0 radical (unpaired) electrons. The Morgan fingerprint density at radius 1 is 1.17 bits per heavy atom. The fourth-order valence-corrected chi connectivity index (χ4v) is 3.49. The zero-order chi connectivity index (χ0) is 21.6. The van der Waals surface area contributed by atoms with Crippen LogP contribution in [0.5, 0.6) is 0 Å². The molecule has 1 amide bonds. The van der Waals surface area contributed by atoms with Gasteiger partial charge in [0, 0.05) is 26.2 Å². The Morgan fingerprint density at radius 3 is 2.45 bits per heavy atom. The van der Waals surface area contributed by atoms with Crippen molar-refractivity contribution in [2.75, 3.05) is 37.7 Å². The van der Waals surface area contributed by atoms with Crippen LogP contribution in [0.1, 0.15) is 57.2 Å². The lowest BCUT2D eigenvalue weighted by Gasteiger charge is -2.25. The van der Waals surface area contributed by atoms with E-state index in [2.05, 4.69) is 37.9 Å². The molecule has 1 aromatic rings. The van der Waals surface area contributed by atoms with Gasteiger partial charge >= 0.3 is 6.09 Å². The maximum Gasteiger partial charge on any atom is 0.409 e. The number of hydrogen-bond donors (Lipinski definition) is 0. The summed E-state index contributed by atoms with van der Waals surface area (Å²) in [5.41, 5.74) is 1.37. The van der Waals surface area contributed by atoms with Crippen LogP contribution in [0.15, 0.2) is 0 Å². The summed E-state index contributed by atoms with van der Waals surface area (Å²) in [7, 11) is 0. The first kappa shape index (κ1) is 22.8. The maximum atomic E-state index is 12.4. The van der Waals surface area contributed by atoms with Crippen molar-refractivity contribution in [1.82, 2.24) is 9.88 Å². The molecule has 0 saturated carbocycles. The van der Waals surface area contributed by atoms with Crippen LogP contribution in [-0.2, 0) is 11.2 Å². The first-order valence-corrected chi connectivity index (χ1v) is 10.3. The van der Waals surface area contributed by atoms with Crippen LogP contribution in [0.2, 0.25) is 5.15 Å². The van der Waals surface area contributed by atoms with E-state index >= 15 is 0 Å². The smallest absolute Gasteiger partial charge is 0.409 e. The van der Waals surface area contributed by atoms with Crippen molar-refractivity contribution in [3.63, 3.8) is 0 Å². The molecule has 0 bridgehead atoms. The quantitative estimate of drug-likeness (QED) is 0.684. The van der Waals surface area contributed by atoms with Crippen LogP contribution < -0.4 is 4.90 Å². The molecule has 156 valence electrons. The number of anilines is 1. The van der Waals surface area contributed by atoms with Gasteiger partial charge in [0.25, 0.3) is 0 Å². The van der Waals surface area contributed by atoms with Crippen molar-refractivity contribution in [2.45, 2.75) is 47.0 Å². The third kappa shape index (κ3) is 5.74. The molecule has 1 saturated heterocycles. The summed E-state index contributed by atoms with van der Waals surface area (Å²) in [4.78, 5) is 20.4. The lowest BCUT2D eigenvalue weighted by atomic mass is 9.93. The van der Waals surface area contributed by atoms with Gasteiger partial charge in [-0.1, -0.05) is 39.3 Å². The number of ether oxygens (including phenoxy) is 1. The second-order valence-electron chi connectivity index (χ2n) is 8.28. The number of nitriles is 2. The van der Waals surface area contributed by atoms with E-state index in [0.717, 1.165) is 12.8 Å². The van der Waals surface area contributed by atoms with Gasteiger partial charge in [-0.3, -0.25) is 0 Å². The molecule has 2 rings (SSSR count). The van der Waals surface area contributed by atoms with Crippen molar-refractivity contribution in [2.24, 2.45) is 5.41 Å².